The minimum Gasteiger partial charge on any atom is -0.456 e. The van der Waals surface area contributed by atoms with Crippen molar-refractivity contribution < 1.29 is 8.83 Å². The van der Waals surface area contributed by atoms with Crippen LogP contribution < -0.4 is 0 Å². The number of hydrogen-bond acceptors (Lipinski definition) is 10. The van der Waals surface area contributed by atoms with Crippen LogP contribution >= 0.6 is 22.7 Å². The van der Waals surface area contributed by atoms with Gasteiger partial charge >= 0.3 is 0 Å². The fourth-order valence-corrected chi connectivity index (χ4v) is 17.0. The van der Waals surface area contributed by atoms with Gasteiger partial charge in [-0.05, 0) is 141 Å². The molecule has 15 aromatic carbocycles. The first kappa shape index (κ1) is 62.2. The average Bonchev–Trinajstić information content (AvgIpc) is 1.49. The van der Waals surface area contributed by atoms with Gasteiger partial charge in [0.05, 0.1) is 0 Å². The molecule has 0 radical (unpaired) electrons. The van der Waals surface area contributed by atoms with E-state index in [0.29, 0.717) is 34.9 Å². The van der Waals surface area contributed by atoms with Gasteiger partial charge in [0.2, 0.25) is 0 Å². The normalized spacial score (nSPS) is 11.6. The van der Waals surface area contributed by atoms with E-state index in [2.05, 4.69) is 322 Å². The summed E-state index contributed by atoms with van der Waals surface area (Å²) in [5.74, 6) is 3.68. The third-order valence-electron chi connectivity index (χ3n) is 19.9. The van der Waals surface area contributed by atoms with Crippen LogP contribution in [0.25, 0.3) is 208 Å². The molecule has 10 heteroatoms. The van der Waals surface area contributed by atoms with E-state index in [1.54, 1.807) is 22.7 Å². The standard InChI is InChI=1S/C51H31N3OS.C45H27N3OS/c1-4-12-32(13-5-1)34-20-22-36(23-21-34)49-52-50(37-25-27-47-43(28-37)40-18-10-11-19-46(40)56-47)54-51(53-49)38-24-26-41-44(30-38)55-45-31-39(33-14-6-2-7-15-33)29-42(48(41)45)35-16-8-3-9-17-35;1-3-12-28(13-4-1)30-16-9-17-31(26-30)43-46-44(48-45(47-43)36-20-11-23-40-42(36)35-18-7-8-22-39(35)50-40)32-24-25-34-38(27-32)49-37-21-10-19-33(41(34)37)29-14-5-2-6-15-29/h1-31H;1-27H. The quantitative estimate of drug-likeness (QED) is 0.126. The predicted octanol–water partition coefficient (Wildman–Crippen LogP) is 26.6. The van der Waals surface area contributed by atoms with Gasteiger partial charge in [-0.3, -0.25) is 0 Å². The molecule has 0 atom stereocenters. The van der Waals surface area contributed by atoms with Crippen molar-refractivity contribution in [3.8, 4) is 124 Å². The van der Waals surface area contributed by atoms with Gasteiger partial charge in [0.15, 0.2) is 34.9 Å². The largest absolute Gasteiger partial charge is 0.456 e. The van der Waals surface area contributed by atoms with Crippen LogP contribution in [0.2, 0.25) is 0 Å². The summed E-state index contributed by atoms with van der Waals surface area (Å²) in [5.41, 5.74) is 20.1. The maximum Gasteiger partial charge on any atom is 0.164 e. The van der Waals surface area contributed by atoms with E-state index in [1.807, 2.05) is 30.3 Å². The molecule has 0 aliphatic heterocycles. The van der Waals surface area contributed by atoms with Gasteiger partial charge < -0.3 is 8.83 Å². The summed E-state index contributed by atoms with van der Waals surface area (Å²) in [4.78, 5) is 30.9. The molecule has 106 heavy (non-hydrogen) atoms. The predicted molar refractivity (Wildman–Crippen MR) is 440 cm³/mol. The van der Waals surface area contributed by atoms with Gasteiger partial charge in [-0.2, -0.15) is 0 Å². The van der Waals surface area contributed by atoms with Crippen molar-refractivity contribution in [3.63, 3.8) is 0 Å². The topological polar surface area (TPSA) is 104 Å². The molecule has 21 rings (SSSR count). The van der Waals surface area contributed by atoms with E-state index in [9.17, 15) is 0 Å². The van der Waals surface area contributed by atoms with E-state index < -0.39 is 0 Å². The second-order valence-corrected chi connectivity index (χ2v) is 28.6. The second kappa shape index (κ2) is 26.3. The molecule has 0 amide bonds. The smallest absolute Gasteiger partial charge is 0.164 e. The summed E-state index contributed by atoms with van der Waals surface area (Å²) in [6, 6.07) is 122. The first-order valence-corrected chi connectivity index (χ1v) is 36.9. The number of furan rings is 2. The van der Waals surface area contributed by atoms with Crippen LogP contribution in [0.15, 0.2) is 361 Å². The number of aromatic nitrogens is 6. The number of benzene rings is 15. The number of rotatable bonds is 11. The highest BCUT2D eigenvalue weighted by Gasteiger charge is 2.23. The van der Waals surface area contributed by atoms with Crippen molar-refractivity contribution in [1.29, 1.82) is 0 Å². The molecule has 8 nitrogen and oxygen atoms in total. The minimum atomic E-state index is 0.586. The zero-order valence-corrected chi connectivity index (χ0v) is 58.4. The van der Waals surface area contributed by atoms with Gasteiger partial charge in [-0.25, -0.2) is 29.9 Å². The molecule has 0 saturated heterocycles. The molecular formula is C96H58N6O2S2. The van der Waals surface area contributed by atoms with E-state index >= 15 is 0 Å². The Morgan fingerprint density at radius 3 is 1.18 bits per heavy atom. The van der Waals surface area contributed by atoms with Gasteiger partial charge in [0.25, 0.3) is 0 Å². The highest BCUT2D eigenvalue weighted by Crippen LogP contribution is 2.45. The first-order valence-electron chi connectivity index (χ1n) is 35.3. The molecule has 6 aromatic heterocycles. The Morgan fingerprint density at radius 1 is 0.170 bits per heavy atom. The highest BCUT2D eigenvalue weighted by molar-refractivity contribution is 7.26. The van der Waals surface area contributed by atoms with Crippen molar-refractivity contribution in [1.82, 2.24) is 29.9 Å². The van der Waals surface area contributed by atoms with Crippen LogP contribution in [-0.2, 0) is 0 Å². The van der Waals surface area contributed by atoms with Crippen molar-refractivity contribution in [2.75, 3.05) is 0 Å². The van der Waals surface area contributed by atoms with Crippen LogP contribution in [0.5, 0.6) is 0 Å². The molecule has 0 aliphatic carbocycles. The molecular weight excluding hydrogens is 1330 g/mol. The van der Waals surface area contributed by atoms with Gasteiger partial charge in [-0.1, -0.05) is 267 Å². The lowest BCUT2D eigenvalue weighted by molar-refractivity contribution is 0.668. The molecule has 0 unspecified atom stereocenters. The van der Waals surface area contributed by atoms with Crippen molar-refractivity contribution in [2.24, 2.45) is 0 Å². The molecule has 6 heterocycles. The minimum absolute atomic E-state index is 0.586. The summed E-state index contributed by atoms with van der Waals surface area (Å²) in [5, 5.41) is 9.10. The Bertz CT molecular complexity index is 6940. The highest BCUT2D eigenvalue weighted by atomic mass is 32.1. The fraction of sp³-hybridized carbons (Fsp3) is 0. The van der Waals surface area contributed by atoms with Crippen LogP contribution in [0.4, 0.5) is 0 Å². The lowest BCUT2D eigenvalue weighted by Crippen LogP contribution is -2.00. The van der Waals surface area contributed by atoms with Gasteiger partial charge in [-0.15, -0.1) is 22.7 Å². The lowest BCUT2D eigenvalue weighted by atomic mass is 9.94. The zero-order chi connectivity index (χ0) is 70.0. The molecule has 0 N–H and O–H groups in total. The Kier molecular flexibility index (Phi) is 15.4. The summed E-state index contributed by atoms with van der Waals surface area (Å²) < 4.78 is 18.2. The number of hydrogen-bond donors (Lipinski definition) is 0. The lowest BCUT2D eigenvalue weighted by Gasteiger charge is -2.11. The van der Waals surface area contributed by atoms with Crippen LogP contribution in [0.3, 0.4) is 0 Å². The van der Waals surface area contributed by atoms with Gasteiger partial charge in [0, 0.05) is 95.3 Å². The zero-order valence-electron chi connectivity index (χ0n) is 56.8. The third-order valence-corrected chi connectivity index (χ3v) is 22.2. The average molecular weight is 1390 g/mol. The molecule has 0 bridgehead atoms. The SMILES string of the molecule is c1ccc(-c2ccc(-c3nc(-c4ccc5c(c4)oc4cc(-c6ccccc6)cc(-c6ccccc6)c45)nc(-c4ccc5sc6ccccc6c5c4)n3)cc2)cc1.c1ccc(-c2cccc(-c3nc(-c4ccc5c(c4)oc4cccc(-c6ccccc6)c45)nc(-c4cccc5sc6ccccc6c45)n3)c2)cc1. The molecule has 0 spiro atoms. The Hall–Kier alpha value is -13.6. The first-order chi connectivity index (χ1) is 52.5. The van der Waals surface area contributed by atoms with Gasteiger partial charge in [0.1, 0.15) is 22.3 Å². The molecule has 496 valence electrons. The monoisotopic (exact) mass is 1390 g/mol. The Morgan fingerprint density at radius 2 is 0.547 bits per heavy atom. The van der Waals surface area contributed by atoms with Crippen molar-refractivity contribution in [3.05, 3.63) is 352 Å². The maximum absolute atomic E-state index is 6.73. The van der Waals surface area contributed by atoms with Crippen LogP contribution in [0.1, 0.15) is 0 Å². The summed E-state index contributed by atoms with van der Waals surface area (Å²) in [7, 11) is 0. The van der Waals surface area contributed by atoms with Crippen LogP contribution in [-0.4, -0.2) is 29.9 Å². The van der Waals surface area contributed by atoms with Crippen LogP contribution in [0, 0.1) is 0 Å². The van der Waals surface area contributed by atoms with Crippen molar-refractivity contribution >= 4 is 107 Å². The molecule has 21 aromatic rings. The summed E-state index contributed by atoms with van der Waals surface area (Å²) in [6.07, 6.45) is 0. The third kappa shape index (κ3) is 11.4. The van der Waals surface area contributed by atoms with E-state index in [1.165, 1.54) is 35.0 Å². The van der Waals surface area contributed by atoms with E-state index in [0.717, 1.165) is 138 Å². The Balaban J connectivity index is 0.000000141. The second-order valence-electron chi connectivity index (χ2n) is 26.4. The summed E-state index contributed by atoms with van der Waals surface area (Å²) in [6.45, 7) is 0. The van der Waals surface area contributed by atoms with E-state index in [-0.39, 0.29) is 0 Å². The number of fused-ring (bicyclic) bond motifs is 12. The number of nitrogens with zero attached hydrogens (tertiary/aromatic N) is 6. The number of thiophene rings is 2. The fourth-order valence-electron chi connectivity index (χ4n) is 14.8. The molecule has 0 aliphatic rings. The van der Waals surface area contributed by atoms with Crippen molar-refractivity contribution in [2.45, 2.75) is 0 Å². The summed E-state index contributed by atoms with van der Waals surface area (Å²) >= 11 is 3.59. The maximum atomic E-state index is 6.73. The van der Waals surface area contributed by atoms with E-state index in [4.69, 9.17) is 38.7 Å². The molecule has 0 fully saturated rings. The molecule has 0 saturated carbocycles. The Labute approximate surface area is 617 Å².